The van der Waals surface area contributed by atoms with Crippen LogP contribution in [0.15, 0.2) is 23.0 Å². The van der Waals surface area contributed by atoms with Crippen LogP contribution >= 0.6 is 0 Å². The first-order valence-electron chi connectivity index (χ1n) is 11.2. The van der Waals surface area contributed by atoms with Crippen molar-refractivity contribution < 1.29 is 5.11 Å². The Morgan fingerprint density at radius 3 is 2.60 bits per heavy atom. The predicted molar refractivity (Wildman–Crippen MR) is 120 cm³/mol. The van der Waals surface area contributed by atoms with Gasteiger partial charge in [0.25, 0.3) is 5.56 Å². The first-order valence-corrected chi connectivity index (χ1v) is 11.2. The van der Waals surface area contributed by atoms with E-state index in [0.717, 1.165) is 68.1 Å². The van der Waals surface area contributed by atoms with Crippen molar-refractivity contribution in [3.63, 3.8) is 0 Å². The zero-order valence-corrected chi connectivity index (χ0v) is 18.2. The average Bonchev–Trinajstić information content (AvgIpc) is 2.77. The van der Waals surface area contributed by atoms with E-state index in [9.17, 15) is 9.90 Å². The van der Waals surface area contributed by atoms with Crippen LogP contribution in [-0.4, -0.2) is 52.7 Å². The summed E-state index contributed by atoms with van der Waals surface area (Å²) < 4.78 is 0. The van der Waals surface area contributed by atoms with Gasteiger partial charge in [-0.1, -0.05) is 6.07 Å². The molecule has 2 aromatic rings. The van der Waals surface area contributed by atoms with Gasteiger partial charge in [0, 0.05) is 68.7 Å². The van der Waals surface area contributed by atoms with Crippen molar-refractivity contribution in [1.82, 2.24) is 14.9 Å². The van der Waals surface area contributed by atoms with Gasteiger partial charge in [-0.25, -0.2) is 4.98 Å². The minimum atomic E-state index is 0.00615. The Balaban J connectivity index is 1.50. The third kappa shape index (κ3) is 4.31. The lowest BCUT2D eigenvalue weighted by Gasteiger charge is -2.31. The fourth-order valence-electron chi connectivity index (χ4n) is 4.58. The molecule has 2 aliphatic heterocycles. The molecular weight excluding hydrogens is 378 g/mol. The number of nitrogens with zero attached hydrogens (tertiary/aromatic N) is 4. The van der Waals surface area contributed by atoms with Crippen LogP contribution in [0.4, 0.5) is 11.6 Å². The van der Waals surface area contributed by atoms with E-state index in [2.05, 4.69) is 39.6 Å². The molecule has 0 spiro atoms. The third-order valence-electron chi connectivity index (χ3n) is 6.39. The van der Waals surface area contributed by atoms with Gasteiger partial charge in [0.15, 0.2) is 0 Å². The van der Waals surface area contributed by atoms with E-state index < -0.39 is 0 Å². The summed E-state index contributed by atoms with van der Waals surface area (Å²) in [5, 5.41) is 10.6. The van der Waals surface area contributed by atoms with Gasteiger partial charge in [-0.05, 0) is 45.6 Å². The number of benzene rings is 1. The Labute approximate surface area is 178 Å². The number of phenolic OH excluding ortho intramolecular Hbond substituents is 1. The molecule has 3 heterocycles. The molecule has 0 atom stereocenters. The van der Waals surface area contributed by atoms with Gasteiger partial charge in [0.2, 0.25) is 5.95 Å². The highest BCUT2D eigenvalue weighted by Crippen LogP contribution is 2.27. The average molecular weight is 412 g/mol. The summed E-state index contributed by atoms with van der Waals surface area (Å²) in [4.78, 5) is 27.1. The van der Waals surface area contributed by atoms with Crippen LogP contribution in [0.2, 0.25) is 0 Å². The Bertz CT molecular complexity index is 932. The molecular formula is C23H33N5O2. The second-order valence-corrected chi connectivity index (χ2v) is 8.31. The number of hydrogen-bond donors (Lipinski definition) is 2. The van der Waals surface area contributed by atoms with Gasteiger partial charge < -0.3 is 14.9 Å². The van der Waals surface area contributed by atoms with Gasteiger partial charge in [0.1, 0.15) is 5.75 Å². The zero-order chi connectivity index (χ0) is 21.1. The van der Waals surface area contributed by atoms with Gasteiger partial charge in [-0.3, -0.25) is 14.7 Å². The fraction of sp³-hybridized carbons (Fsp3) is 0.565. The summed E-state index contributed by atoms with van der Waals surface area (Å²) in [6, 6.07) is 5.96. The van der Waals surface area contributed by atoms with Crippen LogP contribution in [0.3, 0.4) is 0 Å². The number of aromatic nitrogens is 2. The molecule has 2 aliphatic rings. The molecule has 0 amide bonds. The van der Waals surface area contributed by atoms with E-state index in [4.69, 9.17) is 4.98 Å². The summed E-state index contributed by atoms with van der Waals surface area (Å²) in [5.41, 5.74) is 3.66. The van der Waals surface area contributed by atoms with Gasteiger partial charge in [0.05, 0.1) is 5.69 Å². The van der Waals surface area contributed by atoms with Crippen molar-refractivity contribution in [3.8, 4) is 5.75 Å². The highest BCUT2D eigenvalue weighted by atomic mass is 16.3. The molecule has 0 bridgehead atoms. The molecule has 7 heteroatoms. The lowest BCUT2D eigenvalue weighted by atomic mass is 10.0. The highest BCUT2D eigenvalue weighted by molar-refractivity contribution is 5.53. The molecule has 0 radical (unpaired) electrons. The first kappa shape index (κ1) is 20.7. The number of H-pyrrole nitrogens is 1. The van der Waals surface area contributed by atoms with Crippen molar-refractivity contribution in [1.29, 1.82) is 0 Å². The maximum absolute atomic E-state index is 12.6. The predicted octanol–water partition coefficient (Wildman–Crippen LogP) is 2.87. The van der Waals surface area contributed by atoms with Gasteiger partial charge >= 0.3 is 0 Å². The largest absolute Gasteiger partial charge is 0.508 e. The number of piperidine rings is 1. The molecule has 4 rings (SSSR count). The maximum atomic E-state index is 12.6. The third-order valence-corrected chi connectivity index (χ3v) is 6.39. The Morgan fingerprint density at radius 1 is 1.13 bits per heavy atom. The second-order valence-electron chi connectivity index (χ2n) is 8.31. The lowest BCUT2D eigenvalue weighted by Crippen LogP contribution is -2.38. The number of aromatic hydroxyl groups is 1. The molecule has 1 aromatic heterocycles. The summed E-state index contributed by atoms with van der Waals surface area (Å²) in [7, 11) is 0. The van der Waals surface area contributed by atoms with Crippen molar-refractivity contribution in [2.75, 3.05) is 42.5 Å². The molecule has 1 fully saturated rings. The van der Waals surface area contributed by atoms with Crippen LogP contribution in [0.1, 0.15) is 49.9 Å². The molecule has 1 saturated heterocycles. The SMILES string of the molecule is CCN(CC)c1ccc(CN2CCc3c(nc(N4CCCCC4)[nH]c3=O)C2)c(O)c1. The molecule has 0 aliphatic carbocycles. The van der Waals surface area contributed by atoms with Crippen molar-refractivity contribution in [2.45, 2.75) is 52.6 Å². The van der Waals surface area contributed by atoms with E-state index in [0.29, 0.717) is 31.2 Å². The molecule has 7 nitrogen and oxygen atoms in total. The molecule has 0 unspecified atom stereocenters. The normalized spacial score (nSPS) is 17.1. The van der Waals surface area contributed by atoms with Crippen LogP contribution in [0.5, 0.6) is 5.75 Å². The quantitative estimate of drug-likeness (QED) is 0.761. The van der Waals surface area contributed by atoms with E-state index in [-0.39, 0.29) is 5.56 Å². The molecule has 1 aromatic carbocycles. The first-order chi connectivity index (χ1) is 14.6. The highest BCUT2D eigenvalue weighted by Gasteiger charge is 2.24. The summed E-state index contributed by atoms with van der Waals surface area (Å²) in [6.07, 6.45) is 4.23. The van der Waals surface area contributed by atoms with Gasteiger partial charge in [-0.15, -0.1) is 0 Å². The monoisotopic (exact) mass is 411 g/mol. The van der Waals surface area contributed by atoms with E-state index in [1.165, 1.54) is 6.42 Å². The van der Waals surface area contributed by atoms with Crippen molar-refractivity contribution in [3.05, 3.63) is 45.4 Å². The van der Waals surface area contributed by atoms with Crippen LogP contribution in [-0.2, 0) is 19.5 Å². The Morgan fingerprint density at radius 2 is 1.90 bits per heavy atom. The van der Waals surface area contributed by atoms with E-state index in [1.54, 1.807) is 0 Å². The van der Waals surface area contributed by atoms with Crippen molar-refractivity contribution in [2.24, 2.45) is 0 Å². The number of aromatic amines is 1. The zero-order valence-electron chi connectivity index (χ0n) is 18.2. The number of rotatable bonds is 6. The fourth-order valence-corrected chi connectivity index (χ4v) is 4.58. The summed E-state index contributed by atoms with van der Waals surface area (Å²) in [5.74, 6) is 1.05. The number of fused-ring (bicyclic) bond motifs is 1. The Hall–Kier alpha value is -2.54. The number of phenols is 1. The smallest absolute Gasteiger partial charge is 0.255 e. The summed E-state index contributed by atoms with van der Waals surface area (Å²) >= 11 is 0. The van der Waals surface area contributed by atoms with Crippen LogP contribution in [0, 0.1) is 0 Å². The van der Waals surface area contributed by atoms with E-state index >= 15 is 0 Å². The van der Waals surface area contributed by atoms with Crippen molar-refractivity contribution >= 4 is 11.6 Å². The molecule has 162 valence electrons. The van der Waals surface area contributed by atoms with Crippen LogP contribution < -0.4 is 15.4 Å². The van der Waals surface area contributed by atoms with E-state index in [1.807, 2.05) is 12.1 Å². The topological polar surface area (TPSA) is 75.7 Å². The number of anilines is 2. The number of hydrogen-bond acceptors (Lipinski definition) is 6. The molecule has 2 N–H and O–H groups in total. The Kier molecular flexibility index (Phi) is 6.27. The maximum Gasteiger partial charge on any atom is 0.255 e. The lowest BCUT2D eigenvalue weighted by molar-refractivity contribution is 0.237. The standard InChI is InChI=1S/C23H33N5O2/c1-3-27(4-2)18-9-8-17(21(29)14-18)15-26-13-10-19-20(16-26)24-23(25-22(19)30)28-11-6-5-7-12-28/h8-9,14,29H,3-7,10-13,15-16H2,1-2H3,(H,24,25,30). The molecule has 0 saturated carbocycles. The minimum absolute atomic E-state index is 0.00615. The van der Waals surface area contributed by atoms with Crippen LogP contribution in [0.25, 0.3) is 0 Å². The second kappa shape index (κ2) is 9.08. The molecule has 30 heavy (non-hydrogen) atoms. The number of nitrogens with one attached hydrogen (secondary N) is 1. The minimum Gasteiger partial charge on any atom is -0.508 e. The summed E-state index contributed by atoms with van der Waals surface area (Å²) in [6.45, 7) is 10.1. The van der Waals surface area contributed by atoms with Gasteiger partial charge in [-0.2, -0.15) is 0 Å².